The van der Waals surface area contributed by atoms with Gasteiger partial charge in [0.05, 0.1) is 37.0 Å². The fourth-order valence-corrected chi connectivity index (χ4v) is 3.34. The first-order valence-electron chi connectivity index (χ1n) is 9.47. The van der Waals surface area contributed by atoms with Crippen molar-refractivity contribution in [3.63, 3.8) is 0 Å². The van der Waals surface area contributed by atoms with Gasteiger partial charge in [-0.25, -0.2) is 0 Å². The number of aromatic nitrogens is 1. The molecule has 0 aliphatic rings. The van der Waals surface area contributed by atoms with Gasteiger partial charge in [-0.05, 0) is 63.0 Å². The van der Waals surface area contributed by atoms with Crippen LogP contribution in [-0.2, 0) is 0 Å². The largest absolute Gasteiger partial charge is 0.497 e. The maximum atomic E-state index is 12.9. The maximum Gasteiger partial charge on any atom is 0.253 e. The molecule has 6 nitrogen and oxygen atoms in total. The minimum absolute atomic E-state index is 0.0165. The van der Waals surface area contributed by atoms with Crippen LogP contribution in [0.3, 0.4) is 0 Å². The number of hydrogen-bond donors (Lipinski definition) is 1. The molecule has 1 amide bonds. The molecule has 3 aromatic rings. The van der Waals surface area contributed by atoms with Crippen LogP contribution in [0.15, 0.2) is 48.5 Å². The van der Waals surface area contributed by atoms with Gasteiger partial charge in [-0.15, -0.1) is 0 Å². The van der Waals surface area contributed by atoms with E-state index in [-0.39, 0.29) is 11.9 Å². The van der Waals surface area contributed by atoms with E-state index in [1.165, 1.54) is 0 Å². The molecule has 0 aliphatic heterocycles. The highest BCUT2D eigenvalue weighted by molar-refractivity contribution is 5.98. The Bertz CT molecular complexity index is 1020. The van der Waals surface area contributed by atoms with Gasteiger partial charge in [0.1, 0.15) is 11.5 Å². The Morgan fingerprint density at radius 3 is 2.48 bits per heavy atom. The summed E-state index contributed by atoms with van der Waals surface area (Å²) >= 11 is 0. The van der Waals surface area contributed by atoms with Crippen LogP contribution in [0.4, 0.5) is 0 Å². The van der Waals surface area contributed by atoms with Crippen LogP contribution in [0.5, 0.6) is 11.5 Å². The number of carbonyl (C=O) groups is 1. The molecule has 1 N–H and O–H groups in total. The van der Waals surface area contributed by atoms with Gasteiger partial charge in [0.25, 0.3) is 5.91 Å². The van der Waals surface area contributed by atoms with Crippen molar-refractivity contribution in [2.45, 2.75) is 13.0 Å². The number of ether oxygens (including phenoxy) is 2. The zero-order chi connectivity index (χ0) is 21.0. The number of fused-ring (bicyclic) bond motifs is 1. The number of methoxy groups -OCH3 is 2. The van der Waals surface area contributed by atoms with Crippen molar-refractivity contribution >= 4 is 16.8 Å². The summed E-state index contributed by atoms with van der Waals surface area (Å²) in [6.07, 6.45) is 0. The lowest BCUT2D eigenvalue weighted by atomic mass is 10.0. The normalized spacial score (nSPS) is 12.1. The average molecular weight is 393 g/mol. The lowest BCUT2D eigenvalue weighted by Gasteiger charge is -2.25. The summed E-state index contributed by atoms with van der Waals surface area (Å²) in [5, 5.41) is 3.93. The second kappa shape index (κ2) is 8.92. The van der Waals surface area contributed by atoms with Gasteiger partial charge in [-0.3, -0.25) is 9.78 Å². The van der Waals surface area contributed by atoms with Crippen molar-refractivity contribution in [2.24, 2.45) is 0 Å². The molecule has 1 atom stereocenters. The SMILES string of the molecule is COc1cccc(C(CNC(=O)c2cc3cc(OC)ccc3nc2C)N(C)C)c1. The van der Waals surface area contributed by atoms with Crippen molar-refractivity contribution in [3.8, 4) is 11.5 Å². The van der Waals surface area contributed by atoms with Crippen LogP contribution in [0.2, 0.25) is 0 Å². The van der Waals surface area contributed by atoms with Crippen molar-refractivity contribution in [2.75, 3.05) is 34.9 Å². The van der Waals surface area contributed by atoms with Gasteiger partial charge in [-0.2, -0.15) is 0 Å². The van der Waals surface area contributed by atoms with Crippen molar-refractivity contribution in [3.05, 3.63) is 65.4 Å². The standard InChI is InChI=1S/C23H27N3O3/c1-15-20(13-17-12-19(29-5)9-10-21(17)25-15)23(27)24-14-22(26(2)3)16-7-6-8-18(11-16)28-4/h6-13,22H,14H2,1-5H3,(H,24,27). The monoisotopic (exact) mass is 393 g/mol. The van der Waals surface area contributed by atoms with E-state index in [1.807, 2.05) is 69.6 Å². The number of nitrogens with zero attached hydrogens (tertiary/aromatic N) is 2. The number of hydrogen-bond acceptors (Lipinski definition) is 5. The Morgan fingerprint density at radius 2 is 1.79 bits per heavy atom. The van der Waals surface area contributed by atoms with E-state index in [9.17, 15) is 4.79 Å². The van der Waals surface area contributed by atoms with Crippen LogP contribution in [0, 0.1) is 6.92 Å². The second-order valence-corrected chi connectivity index (χ2v) is 7.15. The highest BCUT2D eigenvalue weighted by atomic mass is 16.5. The van der Waals surface area contributed by atoms with E-state index in [1.54, 1.807) is 14.2 Å². The molecule has 0 radical (unpaired) electrons. The summed E-state index contributed by atoms with van der Waals surface area (Å²) in [7, 11) is 7.25. The number of aryl methyl sites for hydroxylation is 1. The highest BCUT2D eigenvalue weighted by Crippen LogP contribution is 2.24. The minimum atomic E-state index is -0.144. The van der Waals surface area contributed by atoms with E-state index < -0.39 is 0 Å². The van der Waals surface area contributed by atoms with Crippen molar-refractivity contribution in [1.82, 2.24) is 15.2 Å². The molecule has 0 aliphatic carbocycles. The van der Waals surface area contributed by atoms with Crippen LogP contribution >= 0.6 is 0 Å². The lowest BCUT2D eigenvalue weighted by molar-refractivity contribution is 0.0941. The maximum absolute atomic E-state index is 12.9. The van der Waals surface area contributed by atoms with E-state index in [0.29, 0.717) is 17.8 Å². The molecule has 0 saturated heterocycles. The fourth-order valence-electron chi connectivity index (χ4n) is 3.34. The molecule has 0 saturated carbocycles. The summed E-state index contributed by atoms with van der Waals surface area (Å²) in [5.41, 5.74) is 3.17. The Kier molecular flexibility index (Phi) is 6.34. The second-order valence-electron chi connectivity index (χ2n) is 7.15. The first-order valence-corrected chi connectivity index (χ1v) is 9.47. The number of carbonyl (C=O) groups excluding carboxylic acids is 1. The Morgan fingerprint density at radius 1 is 1.07 bits per heavy atom. The van der Waals surface area contributed by atoms with Gasteiger partial charge >= 0.3 is 0 Å². The smallest absolute Gasteiger partial charge is 0.253 e. The van der Waals surface area contributed by atoms with E-state index in [0.717, 1.165) is 28.0 Å². The van der Waals surface area contributed by atoms with Gasteiger partial charge in [0, 0.05) is 11.9 Å². The predicted octanol–water partition coefficient (Wildman–Crippen LogP) is 3.59. The summed E-state index contributed by atoms with van der Waals surface area (Å²) < 4.78 is 10.6. The quantitative estimate of drug-likeness (QED) is 0.665. The summed E-state index contributed by atoms with van der Waals surface area (Å²) in [6, 6.07) is 15.4. The fraction of sp³-hybridized carbons (Fsp3) is 0.304. The van der Waals surface area contributed by atoms with Gasteiger partial charge < -0.3 is 19.7 Å². The summed E-state index contributed by atoms with van der Waals surface area (Å²) in [5.74, 6) is 1.39. The molecule has 0 bridgehead atoms. The molecular formula is C23H27N3O3. The number of nitrogens with one attached hydrogen (secondary N) is 1. The predicted molar refractivity (Wildman–Crippen MR) is 115 cm³/mol. The van der Waals surface area contributed by atoms with E-state index in [4.69, 9.17) is 9.47 Å². The molecule has 0 fully saturated rings. The Balaban J connectivity index is 1.81. The third-order valence-electron chi connectivity index (χ3n) is 5.01. The van der Waals surface area contributed by atoms with E-state index >= 15 is 0 Å². The van der Waals surface area contributed by atoms with Gasteiger partial charge in [0.15, 0.2) is 0 Å². The van der Waals surface area contributed by atoms with Gasteiger partial charge in [-0.1, -0.05) is 12.1 Å². The molecular weight excluding hydrogens is 366 g/mol. The third-order valence-corrected chi connectivity index (χ3v) is 5.01. The topological polar surface area (TPSA) is 63.7 Å². The first-order chi connectivity index (χ1) is 13.9. The van der Waals surface area contributed by atoms with Crippen LogP contribution in [0.1, 0.15) is 27.7 Å². The lowest BCUT2D eigenvalue weighted by Crippen LogP contribution is -2.35. The molecule has 2 aromatic carbocycles. The zero-order valence-electron chi connectivity index (χ0n) is 17.5. The summed E-state index contributed by atoms with van der Waals surface area (Å²) in [4.78, 5) is 19.6. The number of benzene rings is 2. The first kappa shape index (κ1) is 20.6. The average Bonchev–Trinajstić information content (AvgIpc) is 2.72. The van der Waals surface area contributed by atoms with Crippen LogP contribution in [0.25, 0.3) is 10.9 Å². The minimum Gasteiger partial charge on any atom is -0.497 e. The molecule has 29 heavy (non-hydrogen) atoms. The summed E-state index contributed by atoms with van der Waals surface area (Å²) in [6.45, 7) is 2.32. The van der Waals surface area contributed by atoms with Crippen molar-refractivity contribution < 1.29 is 14.3 Å². The van der Waals surface area contributed by atoms with E-state index in [2.05, 4.69) is 15.2 Å². The number of pyridine rings is 1. The molecule has 1 aromatic heterocycles. The molecule has 1 unspecified atom stereocenters. The molecule has 3 rings (SSSR count). The number of likely N-dealkylation sites (N-methyl/N-ethyl adjacent to an activating group) is 1. The van der Waals surface area contributed by atoms with Crippen LogP contribution < -0.4 is 14.8 Å². The molecule has 152 valence electrons. The Labute approximate surface area is 171 Å². The Hall–Kier alpha value is -3.12. The highest BCUT2D eigenvalue weighted by Gasteiger charge is 2.18. The van der Waals surface area contributed by atoms with Gasteiger partial charge in [0.2, 0.25) is 0 Å². The van der Waals surface area contributed by atoms with Crippen molar-refractivity contribution in [1.29, 1.82) is 0 Å². The number of amides is 1. The van der Waals surface area contributed by atoms with Crippen LogP contribution in [-0.4, -0.2) is 50.7 Å². The molecule has 0 spiro atoms. The number of rotatable bonds is 7. The third kappa shape index (κ3) is 4.66. The molecule has 6 heteroatoms. The molecule has 1 heterocycles. The zero-order valence-corrected chi connectivity index (χ0v) is 17.5.